The average Bonchev–Trinajstić information content (AvgIpc) is 3.34. The Labute approximate surface area is 139 Å². The molecule has 0 radical (unpaired) electrons. The van der Waals surface area contributed by atoms with Crippen molar-refractivity contribution in [3.05, 3.63) is 0 Å². The first-order valence-corrected chi connectivity index (χ1v) is 8.74. The van der Waals surface area contributed by atoms with E-state index in [4.69, 9.17) is 14.2 Å². The van der Waals surface area contributed by atoms with E-state index in [0.717, 1.165) is 38.5 Å². The molecule has 7 atom stereocenters. The Kier molecular flexibility index (Phi) is 3.53. The first-order valence-electron chi connectivity index (χ1n) is 8.74. The van der Waals surface area contributed by atoms with Crippen LogP contribution < -0.4 is 0 Å². The minimum atomic E-state index is -4.96. The van der Waals surface area contributed by atoms with Crippen LogP contribution in [0.25, 0.3) is 0 Å². The van der Waals surface area contributed by atoms with E-state index in [1.54, 1.807) is 0 Å². The van der Waals surface area contributed by atoms with Crippen LogP contribution in [0.5, 0.6) is 0 Å². The Balaban J connectivity index is 1.41. The standard InChI is InChI=1S/C17H23F3O4/c1-15-5-3-9(8-11(15)23-15)7-10-4-6-16(2)13(24-16)12(10)22-14(21)17(18,19)20/h9-13H,3-8H2,1-2H3. The van der Waals surface area contributed by atoms with Crippen LogP contribution in [0.2, 0.25) is 0 Å². The molecule has 24 heavy (non-hydrogen) atoms. The maximum Gasteiger partial charge on any atom is 0.490 e. The largest absolute Gasteiger partial charge is 0.490 e. The molecule has 136 valence electrons. The van der Waals surface area contributed by atoms with Crippen LogP contribution >= 0.6 is 0 Å². The van der Waals surface area contributed by atoms with Crippen molar-refractivity contribution < 1.29 is 32.2 Å². The van der Waals surface area contributed by atoms with E-state index in [1.165, 1.54) is 0 Å². The summed E-state index contributed by atoms with van der Waals surface area (Å²) in [5.74, 6) is -1.74. The number of ether oxygens (including phenoxy) is 3. The van der Waals surface area contributed by atoms with Crippen LogP contribution in [0, 0.1) is 11.8 Å². The van der Waals surface area contributed by atoms with E-state index in [1.807, 2.05) is 6.92 Å². The summed E-state index contributed by atoms with van der Waals surface area (Å²) in [6.45, 7) is 4.00. The molecule has 7 heteroatoms. The van der Waals surface area contributed by atoms with Crippen LogP contribution in [0.1, 0.15) is 52.4 Å². The lowest BCUT2D eigenvalue weighted by atomic mass is 9.72. The minimum absolute atomic E-state index is 0.0311. The molecule has 4 fully saturated rings. The van der Waals surface area contributed by atoms with Gasteiger partial charge in [0.1, 0.15) is 12.2 Å². The van der Waals surface area contributed by atoms with Crippen molar-refractivity contribution in [2.75, 3.05) is 0 Å². The molecule has 0 bridgehead atoms. The maximum absolute atomic E-state index is 12.6. The monoisotopic (exact) mass is 348 g/mol. The lowest BCUT2D eigenvalue weighted by molar-refractivity contribution is -0.209. The van der Waals surface area contributed by atoms with Crippen molar-refractivity contribution in [3.63, 3.8) is 0 Å². The highest BCUT2D eigenvalue weighted by Gasteiger charge is 2.64. The van der Waals surface area contributed by atoms with Crippen molar-refractivity contribution in [1.29, 1.82) is 0 Å². The topological polar surface area (TPSA) is 51.4 Å². The molecule has 4 aliphatic rings. The van der Waals surface area contributed by atoms with E-state index in [0.29, 0.717) is 12.0 Å². The number of carbonyl (C=O) groups excluding carboxylic acids is 1. The van der Waals surface area contributed by atoms with Crippen molar-refractivity contribution >= 4 is 5.97 Å². The summed E-state index contributed by atoms with van der Waals surface area (Å²) >= 11 is 0. The van der Waals surface area contributed by atoms with Crippen LogP contribution in [0.15, 0.2) is 0 Å². The molecule has 0 aromatic heterocycles. The van der Waals surface area contributed by atoms with E-state index in [9.17, 15) is 18.0 Å². The summed E-state index contributed by atoms with van der Waals surface area (Å²) < 4.78 is 53.9. The summed E-state index contributed by atoms with van der Waals surface area (Å²) in [6.07, 6.45) is -0.543. The van der Waals surface area contributed by atoms with Crippen LogP contribution in [-0.4, -0.2) is 41.7 Å². The van der Waals surface area contributed by atoms with Gasteiger partial charge in [-0.25, -0.2) is 4.79 Å². The second-order valence-corrected chi connectivity index (χ2v) is 8.31. The fourth-order valence-corrected chi connectivity index (χ4v) is 4.72. The number of alkyl halides is 3. The van der Waals surface area contributed by atoms with Gasteiger partial charge in [0.05, 0.1) is 17.3 Å². The van der Waals surface area contributed by atoms with E-state index >= 15 is 0 Å². The summed E-state index contributed by atoms with van der Waals surface area (Å²) in [6, 6.07) is 0. The molecule has 7 unspecified atom stereocenters. The Morgan fingerprint density at radius 1 is 1.17 bits per heavy atom. The van der Waals surface area contributed by atoms with Gasteiger partial charge in [0, 0.05) is 0 Å². The number of fused-ring (bicyclic) bond motifs is 2. The Bertz CT molecular complexity index is 550. The third-order valence-corrected chi connectivity index (χ3v) is 6.46. The Morgan fingerprint density at radius 3 is 2.54 bits per heavy atom. The second kappa shape index (κ2) is 5.10. The number of hydrogen-bond acceptors (Lipinski definition) is 4. The third kappa shape index (κ3) is 2.83. The van der Waals surface area contributed by atoms with E-state index in [2.05, 4.69) is 6.92 Å². The predicted molar refractivity (Wildman–Crippen MR) is 77.2 cm³/mol. The van der Waals surface area contributed by atoms with Gasteiger partial charge in [-0.1, -0.05) is 0 Å². The van der Waals surface area contributed by atoms with Crippen molar-refractivity contribution in [2.45, 2.75) is 88.1 Å². The Hall–Kier alpha value is -0.820. The SMILES string of the molecule is CC12CCC(CC3CCC4(C)OC4C3OC(=O)C(F)(F)F)CC1O2. The molecule has 2 saturated carbocycles. The number of esters is 1. The zero-order chi connectivity index (χ0) is 17.3. The van der Waals surface area contributed by atoms with Crippen molar-refractivity contribution in [2.24, 2.45) is 11.8 Å². The van der Waals surface area contributed by atoms with E-state index in [-0.39, 0.29) is 11.5 Å². The second-order valence-electron chi connectivity index (χ2n) is 8.31. The highest BCUT2D eigenvalue weighted by Crippen LogP contribution is 2.55. The van der Waals surface area contributed by atoms with Crippen LogP contribution in [-0.2, 0) is 19.0 Å². The zero-order valence-corrected chi connectivity index (χ0v) is 13.9. The van der Waals surface area contributed by atoms with E-state index < -0.39 is 30.0 Å². The number of hydrogen-bond donors (Lipinski definition) is 0. The Morgan fingerprint density at radius 2 is 1.88 bits per heavy atom. The molecular formula is C17H23F3O4. The number of halogens is 3. The summed E-state index contributed by atoms with van der Waals surface area (Å²) in [7, 11) is 0. The van der Waals surface area contributed by atoms with Gasteiger partial charge >= 0.3 is 12.1 Å². The number of rotatable bonds is 3. The van der Waals surface area contributed by atoms with Gasteiger partial charge in [-0.3, -0.25) is 0 Å². The summed E-state index contributed by atoms with van der Waals surface area (Å²) in [4.78, 5) is 11.3. The molecular weight excluding hydrogens is 325 g/mol. The number of carbonyl (C=O) groups is 1. The fraction of sp³-hybridized carbons (Fsp3) is 0.941. The van der Waals surface area contributed by atoms with Gasteiger partial charge in [-0.15, -0.1) is 0 Å². The maximum atomic E-state index is 12.6. The van der Waals surface area contributed by atoms with Gasteiger partial charge in [0.2, 0.25) is 0 Å². The molecule has 0 aromatic rings. The van der Waals surface area contributed by atoms with Crippen molar-refractivity contribution in [3.8, 4) is 0 Å². The van der Waals surface area contributed by atoms with Gasteiger partial charge in [-0.05, 0) is 64.2 Å². The molecule has 0 aromatic carbocycles. The smallest absolute Gasteiger partial charge is 0.453 e. The van der Waals surface area contributed by atoms with Crippen molar-refractivity contribution in [1.82, 2.24) is 0 Å². The molecule has 0 spiro atoms. The predicted octanol–water partition coefficient (Wildman–Crippen LogP) is 3.38. The zero-order valence-electron chi connectivity index (χ0n) is 13.9. The lowest BCUT2D eigenvalue weighted by Gasteiger charge is -2.34. The molecule has 4 nitrogen and oxygen atoms in total. The highest BCUT2D eigenvalue weighted by molar-refractivity contribution is 5.75. The molecule has 4 rings (SSSR count). The molecule has 2 aliphatic carbocycles. The average molecular weight is 348 g/mol. The molecule has 2 saturated heterocycles. The fourth-order valence-electron chi connectivity index (χ4n) is 4.72. The lowest BCUT2D eigenvalue weighted by Crippen LogP contribution is -2.43. The van der Waals surface area contributed by atoms with Crippen LogP contribution in [0.3, 0.4) is 0 Å². The molecule has 0 N–H and O–H groups in total. The quantitative estimate of drug-likeness (QED) is 0.580. The van der Waals surface area contributed by atoms with Gasteiger partial charge in [0.25, 0.3) is 0 Å². The third-order valence-electron chi connectivity index (χ3n) is 6.46. The van der Waals surface area contributed by atoms with Gasteiger partial charge in [0.15, 0.2) is 0 Å². The van der Waals surface area contributed by atoms with Gasteiger partial charge in [-0.2, -0.15) is 13.2 Å². The summed E-state index contributed by atoms with van der Waals surface area (Å²) in [5, 5.41) is 0. The first-order chi connectivity index (χ1) is 11.1. The molecule has 2 heterocycles. The molecule has 0 amide bonds. The summed E-state index contributed by atoms with van der Waals surface area (Å²) in [5.41, 5.74) is -0.388. The first kappa shape index (κ1) is 16.6. The minimum Gasteiger partial charge on any atom is -0.453 e. The number of epoxide rings is 2. The highest BCUT2D eigenvalue weighted by atomic mass is 19.4. The van der Waals surface area contributed by atoms with Crippen LogP contribution in [0.4, 0.5) is 13.2 Å². The molecule has 2 aliphatic heterocycles. The van der Waals surface area contributed by atoms with Gasteiger partial charge < -0.3 is 14.2 Å². The normalized spacial score (nSPS) is 49.8.